The van der Waals surface area contributed by atoms with Crippen molar-refractivity contribution in [3.05, 3.63) is 23.4 Å². The van der Waals surface area contributed by atoms with E-state index in [0.717, 1.165) is 18.5 Å². The van der Waals surface area contributed by atoms with E-state index in [2.05, 4.69) is 0 Å². The van der Waals surface area contributed by atoms with Gasteiger partial charge in [0.2, 0.25) is 0 Å². The van der Waals surface area contributed by atoms with Crippen LogP contribution in [0, 0.1) is 0 Å². The summed E-state index contributed by atoms with van der Waals surface area (Å²) in [5, 5.41) is 0. The molecule has 0 aromatic rings. The van der Waals surface area contributed by atoms with Crippen LogP contribution in [0.25, 0.3) is 0 Å². The van der Waals surface area contributed by atoms with Gasteiger partial charge in [-0.1, -0.05) is 11.6 Å². The van der Waals surface area contributed by atoms with Crippen molar-refractivity contribution in [1.29, 1.82) is 0 Å². The molecule has 1 aliphatic carbocycles. The van der Waals surface area contributed by atoms with Crippen LogP contribution in [0.5, 0.6) is 0 Å². The molecule has 0 heterocycles. The molecule has 1 rings (SSSR count). The monoisotopic (exact) mass is 182 g/mol. The Morgan fingerprint density at radius 3 is 2.85 bits per heavy atom. The molecule has 0 amide bonds. The highest BCUT2D eigenvalue weighted by Crippen LogP contribution is 2.27. The summed E-state index contributed by atoms with van der Waals surface area (Å²) in [6.45, 7) is 2.72. The molecule has 0 saturated carbocycles. The Morgan fingerprint density at radius 1 is 1.54 bits per heavy atom. The number of allylic oxidation sites excluding steroid dienone is 2. The predicted octanol–water partition coefficient (Wildman–Crippen LogP) is 0.913. The zero-order valence-electron chi connectivity index (χ0n) is 8.34. The molecule has 4 N–H and O–H groups in total. The molecule has 0 spiro atoms. The second-order valence-corrected chi connectivity index (χ2v) is 3.67. The van der Waals surface area contributed by atoms with Gasteiger partial charge in [0.1, 0.15) is 0 Å². The maximum atomic E-state index is 6.21. The molecule has 3 heteroatoms. The lowest BCUT2D eigenvalue weighted by Crippen LogP contribution is -2.44. The molecule has 1 aliphatic rings. The van der Waals surface area contributed by atoms with E-state index in [9.17, 15) is 0 Å². The molecule has 1 atom stereocenters. The van der Waals surface area contributed by atoms with Gasteiger partial charge in [0, 0.05) is 31.4 Å². The molecule has 1 unspecified atom stereocenters. The number of hydrogen-bond donors (Lipinski definition) is 2. The summed E-state index contributed by atoms with van der Waals surface area (Å²) in [6.07, 6.45) is 5.47. The van der Waals surface area contributed by atoms with Gasteiger partial charge >= 0.3 is 0 Å². The summed E-state index contributed by atoms with van der Waals surface area (Å²) in [4.78, 5) is 0. The summed E-state index contributed by atoms with van der Waals surface area (Å²) in [7, 11) is 1.68. The SMILES string of the molecule is COCCC1(N)CC(N)=CC=C1C. The summed E-state index contributed by atoms with van der Waals surface area (Å²) in [5.74, 6) is 0. The fraction of sp³-hybridized carbons (Fsp3) is 0.600. The third-order valence-electron chi connectivity index (χ3n) is 2.60. The van der Waals surface area contributed by atoms with Crippen molar-refractivity contribution in [2.24, 2.45) is 11.5 Å². The molecular formula is C10H18N2O. The summed E-state index contributed by atoms with van der Waals surface area (Å²) < 4.78 is 5.03. The smallest absolute Gasteiger partial charge is 0.0483 e. The highest BCUT2D eigenvalue weighted by molar-refractivity contribution is 5.31. The topological polar surface area (TPSA) is 61.3 Å². The van der Waals surface area contributed by atoms with Crippen LogP contribution in [0.15, 0.2) is 23.4 Å². The number of rotatable bonds is 3. The summed E-state index contributed by atoms with van der Waals surface area (Å²) >= 11 is 0. The van der Waals surface area contributed by atoms with E-state index in [4.69, 9.17) is 16.2 Å². The molecule has 0 fully saturated rings. The lowest BCUT2D eigenvalue weighted by Gasteiger charge is -2.33. The Morgan fingerprint density at radius 2 is 2.23 bits per heavy atom. The minimum atomic E-state index is -0.297. The van der Waals surface area contributed by atoms with E-state index in [0.29, 0.717) is 6.61 Å². The van der Waals surface area contributed by atoms with Crippen LogP contribution in [0.1, 0.15) is 19.8 Å². The number of ether oxygens (including phenoxy) is 1. The third kappa shape index (κ3) is 2.32. The fourth-order valence-electron chi connectivity index (χ4n) is 1.53. The largest absolute Gasteiger partial charge is 0.402 e. The Balaban J connectivity index is 2.69. The first-order valence-corrected chi connectivity index (χ1v) is 4.50. The third-order valence-corrected chi connectivity index (χ3v) is 2.60. The molecule has 3 nitrogen and oxygen atoms in total. The van der Waals surface area contributed by atoms with Gasteiger partial charge in [-0.05, 0) is 19.4 Å². The molecule has 0 saturated heterocycles. The Kier molecular flexibility index (Phi) is 3.12. The molecular weight excluding hydrogens is 164 g/mol. The maximum absolute atomic E-state index is 6.21. The maximum Gasteiger partial charge on any atom is 0.0483 e. The van der Waals surface area contributed by atoms with Gasteiger partial charge in [-0.3, -0.25) is 0 Å². The molecule has 0 aromatic heterocycles. The first kappa shape index (κ1) is 10.3. The first-order chi connectivity index (χ1) is 6.08. The molecule has 74 valence electrons. The molecule has 0 radical (unpaired) electrons. The van der Waals surface area contributed by atoms with Crippen LogP contribution in [0.4, 0.5) is 0 Å². The highest BCUT2D eigenvalue weighted by atomic mass is 16.5. The lowest BCUT2D eigenvalue weighted by molar-refractivity contribution is 0.174. The lowest BCUT2D eigenvalue weighted by atomic mass is 9.81. The highest BCUT2D eigenvalue weighted by Gasteiger charge is 2.29. The van der Waals surface area contributed by atoms with Crippen molar-refractivity contribution in [2.45, 2.75) is 25.3 Å². The minimum absolute atomic E-state index is 0.297. The zero-order chi connectivity index (χ0) is 9.90. The summed E-state index contributed by atoms with van der Waals surface area (Å²) in [5.41, 5.74) is 13.7. The molecule has 0 bridgehead atoms. The van der Waals surface area contributed by atoms with Crippen molar-refractivity contribution in [1.82, 2.24) is 0 Å². The number of methoxy groups -OCH3 is 1. The van der Waals surface area contributed by atoms with E-state index in [1.54, 1.807) is 7.11 Å². The first-order valence-electron chi connectivity index (χ1n) is 4.50. The normalized spacial score (nSPS) is 28.2. The van der Waals surface area contributed by atoms with Crippen molar-refractivity contribution in [3.63, 3.8) is 0 Å². The standard InChI is InChI=1S/C10H18N2O/c1-8-3-4-9(11)7-10(8,12)5-6-13-2/h3-4H,5-7,11-12H2,1-2H3. The van der Waals surface area contributed by atoms with Crippen molar-refractivity contribution in [3.8, 4) is 0 Å². The average Bonchev–Trinajstić information content (AvgIpc) is 2.09. The van der Waals surface area contributed by atoms with E-state index < -0.39 is 0 Å². The molecule has 0 aliphatic heterocycles. The van der Waals surface area contributed by atoms with E-state index in [-0.39, 0.29) is 5.54 Å². The van der Waals surface area contributed by atoms with Crippen LogP contribution in [0.3, 0.4) is 0 Å². The van der Waals surface area contributed by atoms with E-state index in [1.165, 1.54) is 5.57 Å². The van der Waals surface area contributed by atoms with Crippen LogP contribution in [-0.4, -0.2) is 19.3 Å². The second kappa shape index (κ2) is 3.94. The average molecular weight is 182 g/mol. The van der Waals surface area contributed by atoms with Gasteiger partial charge in [-0.25, -0.2) is 0 Å². The van der Waals surface area contributed by atoms with Crippen LogP contribution < -0.4 is 11.5 Å². The number of nitrogens with two attached hydrogens (primary N) is 2. The van der Waals surface area contributed by atoms with Gasteiger partial charge < -0.3 is 16.2 Å². The van der Waals surface area contributed by atoms with E-state index >= 15 is 0 Å². The summed E-state index contributed by atoms with van der Waals surface area (Å²) in [6, 6.07) is 0. The van der Waals surface area contributed by atoms with Gasteiger partial charge in [-0.15, -0.1) is 0 Å². The van der Waals surface area contributed by atoms with Gasteiger partial charge in [0.25, 0.3) is 0 Å². The molecule has 0 aromatic carbocycles. The van der Waals surface area contributed by atoms with Crippen LogP contribution in [-0.2, 0) is 4.74 Å². The Bertz CT molecular complexity index is 245. The van der Waals surface area contributed by atoms with E-state index in [1.807, 2.05) is 19.1 Å². The Labute approximate surface area is 79.4 Å². The van der Waals surface area contributed by atoms with Gasteiger partial charge in [-0.2, -0.15) is 0 Å². The Hall–Kier alpha value is -0.800. The quantitative estimate of drug-likeness (QED) is 0.682. The predicted molar refractivity (Wildman–Crippen MR) is 54.1 cm³/mol. The molecule has 13 heavy (non-hydrogen) atoms. The van der Waals surface area contributed by atoms with Crippen molar-refractivity contribution >= 4 is 0 Å². The number of hydrogen-bond acceptors (Lipinski definition) is 3. The van der Waals surface area contributed by atoms with Crippen LogP contribution >= 0.6 is 0 Å². The minimum Gasteiger partial charge on any atom is -0.402 e. The van der Waals surface area contributed by atoms with Gasteiger partial charge in [0.05, 0.1) is 0 Å². The zero-order valence-corrected chi connectivity index (χ0v) is 8.34. The van der Waals surface area contributed by atoms with Crippen molar-refractivity contribution < 1.29 is 4.74 Å². The van der Waals surface area contributed by atoms with Gasteiger partial charge in [0.15, 0.2) is 0 Å². The second-order valence-electron chi connectivity index (χ2n) is 3.67. The van der Waals surface area contributed by atoms with Crippen LogP contribution in [0.2, 0.25) is 0 Å². The van der Waals surface area contributed by atoms with Crippen molar-refractivity contribution in [2.75, 3.05) is 13.7 Å². The fourth-order valence-corrected chi connectivity index (χ4v) is 1.53.